The maximum Gasteiger partial charge on any atom is 0.401 e. The molecule has 1 rings (SSSR count). The minimum absolute atomic E-state index is 0.0695. The van der Waals surface area contributed by atoms with Crippen LogP contribution in [0.25, 0.3) is 0 Å². The Morgan fingerprint density at radius 2 is 1.81 bits per heavy atom. The molecule has 21 heavy (non-hydrogen) atoms. The molecule has 0 saturated carbocycles. The van der Waals surface area contributed by atoms with Crippen molar-refractivity contribution < 1.29 is 17.9 Å². The molecule has 0 atom stereocenters. The quantitative estimate of drug-likeness (QED) is 0.800. The highest BCUT2D eigenvalue weighted by atomic mass is 19.4. The van der Waals surface area contributed by atoms with Crippen LogP contribution >= 0.6 is 0 Å². The van der Waals surface area contributed by atoms with Crippen LogP contribution in [0.4, 0.5) is 13.2 Å². The Balaban J connectivity index is 2.62. The zero-order valence-electron chi connectivity index (χ0n) is 13.1. The predicted octanol–water partition coefficient (Wildman–Crippen LogP) is 4.08. The molecule has 0 aromatic heterocycles. The lowest BCUT2D eigenvalue weighted by atomic mass is 9.85. The van der Waals surface area contributed by atoms with Gasteiger partial charge in [-0.25, -0.2) is 0 Å². The van der Waals surface area contributed by atoms with E-state index in [0.717, 1.165) is 17.7 Å². The number of halogens is 3. The molecule has 0 saturated heterocycles. The molecule has 0 spiro atoms. The van der Waals surface area contributed by atoms with Crippen LogP contribution in [0, 0.1) is 0 Å². The Bertz CT molecular complexity index is 450. The number of benzene rings is 1. The number of rotatable bonds is 6. The zero-order valence-corrected chi connectivity index (χ0v) is 13.1. The highest BCUT2D eigenvalue weighted by Crippen LogP contribution is 2.32. The molecule has 1 aromatic carbocycles. The van der Waals surface area contributed by atoms with Crippen molar-refractivity contribution in [2.24, 2.45) is 0 Å². The lowest BCUT2D eigenvalue weighted by molar-refractivity contribution is -0.124. The maximum absolute atomic E-state index is 12.0. The Morgan fingerprint density at radius 3 is 2.33 bits per heavy atom. The molecule has 0 radical (unpaired) electrons. The first-order valence-corrected chi connectivity index (χ1v) is 7.17. The fourth-order valence-corrected chi connectivity index (χ4v) is 1.97. The molecule has 1 N–H and O–H groups in total. The minimum Gasteiger partial charge on any atom is -0.492 e. The predicted molar refractivity (Wildman–Crippen MR) is 78.9 cm³/mol. The summed E-state index contributed by atoms with van der Waals surface area (Å²) in [5, 5.41) is 2.33. The van der Waals surface area contributed by atoms with Gasteiger partial charge >= 0.3 is 6.18 Å². The Labute approximate surface area is 124 Å². The molecule has 0 aliphatic carbocycles. The van der Waals surface area contributed by atoms with Gasteiger partial charge in [0.1, 0.15) is 12.4 Å². The second-order valence-electron chi connectivity index (χ2n) is 6.07. The molecule has 0 bridgehead atoms. The van der Waals surface area contributed by atoms with Crippen LogP contribution in [0.5, 0.6) is 5.75 Å². The first-order chi connectivity index (χ1) is 9.63. The summed E-state index contributed by atoms with van der Waals surface area (Å²) in [5.41, 5.74) is 2.24. The first-order valence-electron chi connectivity index (χ1n) is 7.17. The maximum atomic E-state index is 12.0. The molecule has 0 amide bonds. The number of aryl methyl sites for hydroxylation is 1. The molecule has 0 fully saturated rings. The van der Waals surface area contributed by atoms with Crippen LogP contribution in [0.2, 0.25) is 0 Å². The van der Waals surface area contributed by atoms with E-state index in [4.69, 9.17) is 4.74 Å². The molecular weight excluding hydrogens is 279 g/mol. The molecule has 2 nitrogen and oxygen atoms in total. The van der Waals surface area contributed by atoms with Gasteiger partial charge in [-0.15, -0.1) is 0 Å². The summed E-state index contributed by atoms with van der Waals surface area (Å²) in [6.07, 6.45) is -3.24. The summed E-state index contributed by atoms with van der Waals surface area (Å²) in [5.74, 6) is 0.744. The van der Waals surface area contributed by atoms with Crippen molar-refractivity contribution in [2.45, 2.75) is 45.7 Å². The smallest absolute Gasteiger partial charge is 0.401 e. The van der Waals surface area contributed by atoms with E-state index in [0.29, 0.717) is 0 Å². The van der Waals surface area contributed by atoms with E-state index in [1.807, 2.05) is 12.1 Å². The van der Waals surface area contributed by atoms with Crippen LogP contribution < -0.4 is 10.1 Å². The van der Waals surface area contributed by atoms with Crippen molar-refractivity contribution in [1.82, 2.24) is 5.32 Å². The molecule has 5 heteroatoms. The zero-order chi connectivity index (χ0) is 16.1. The topological polar surface area (TPSA) is 21.3 Å². The van der Waals surface area contributed by atoms with Crippen LogP contribution in [-0.4, -0.2) is 25.9 Å². The Kier molecular flexibility index (Phi) is 6.08. The lowest BCUT2D eigenvalue weighted by Crippen LogP contribution is -2.31. The van der Waals surface area contributed by atoms with Gasteiger partial charge in [0, 0.05) is 6.54 Å². The number of hydrogen-bond acceptors (Lipinski definition) is 2. The highest BCUT2D eigenvalue weighted by molar-refractivity contribution is 5.41. The van der Waals surface area contributed by atoms with Gasteiger partial charge in [-0.05, 0) is 29.0 Å². The number of nitrogens with one attached hydrogen (secondary N) is 1. The van der Waals surface area contributed by atoms with Gasteiger partial charge in [-0.2, -0.15) is 13.2 Å². The van der Waals surface area contributed by atoms with Crippen molar-refractivity contribution in [3.63, 3.8) is 0 Å². The van der Waals surface area contributed by atoms with E-state index in [1.54, 1.807) is 0 Å². The third-order valence-electron chi connectivity index (χ3n) is 3.12. The third kappa shape index (κ3) is 6.38. The van der Waals surface area contributed by atoms with Gasteiger partial charge in [0.15, 0.2) is 0 Å². The van der Waals surface area contributed by atoms with E-state index in [9.17, 15) is 13.2 Å². The summed E-state index contributed by atoms with van der Waals surface area (Å²) in [6, 6.07) is 6.01. The van der Waals surface area contributed by atoms with Gasteiger partial charge in [0.2, 0.25) is 0 Å². The highest BCUT2D eigenvalue weighted by Gasteiger charge is 2.26. The van der Waals surface area contributed by atoms with Crippen molar-refractivity contribution >= 4 is 0 Å². The van der Waals surface area contributed by atoms with E-state index in [-0.39, 0.29) is 18.6 Å². The third-order valence-corrected chi connectivity index (χ3v) is 3.12. The summed E-state index contributed by atoms with van der Waals surface area (Å²) in [4.78, 5) is 0. The monoisotopic (exact) mass is 303 g/mol. The van der Waals surface area contributed by atoms with Crippen molar-refractivity contribution in [3.8, 4) is 5.75 Å². The van der Waals surface area contributed by atoms with Gasteiger partial charge in [0.05, 0.1) is 6.54 Å². The average Bonchev–Trinajstić information content (AvgIpc) is 2.36. The van der Waals surface area contributed by atoms with Crippen molar-refractivity contribution in [2.75, 3.05) is 19.7 Å². The van der Waals surface area contributed by atoms with Crippen LogP contribution in [0.3, 0.4) is 0 Å². The fraction of sp³-hybridized carbons (Fsp3) is 0.625. The SMILES string of the molecule is CCc1ccc(OCCNCC(F)(F)F)c(C(C)(C)C)c1. The molecular formula is C16H24F3NO. The average molecular weight is 303 g/mol. The molecule has 1 aromatic rings. The number of hydrogen-bond donors (Lipinski definition) is 1. The van der Waals surface area contributed by atoms with Crippen LogP contribution in [-0.2, 0) is 11.8 Å². The molecule has 0 aliphatic rings. The van der Waals surface area contributed by atoms with Gasteiger partial charge < -0.3 is 10.1 Å². The summed E-state index contributed by atoms with van der Waals surface area (Å²) in [7, 11) is 0. The molecule has 0 heterocycles. The van der Waals surface area contributed by atoms with Crippen molar-refractivity contribution in [1.29, 1.82) is 0 Å². The first kappa shape index (κ1) is 17.8. The standard InChI is InChI=1S/C16H24F3NO/c1-5-12-6-7-14(13(10-12)15(2,3)4)21-9-8-20-11-16(17,18)19/h6-7,10,20H,5,8-9,11H2,1-4H3. The number of alkyl halides is 3. The van der Waals surface area contributed by atoms with Crippen LogP contribution in [0.1, 0.15) is 38.8 Å². The Morgan fingerprint density at radius 1 is 1.14 bits per heavy atom. The summed E-state index contributed by atoms with van der Waals surface area (Å²) >= 11 is 0. The van der Waals surface area contributed by atoms with Crippen molar-refractivity contribution in [3.05, 3.63) is 29.3 Å². The largest absolute Gasteiger partial charge is 0.492 e. The molecule has 0 aliphatic heterocycles. The fourth-order valence-electron chi connectivity index (χ4n) is 1.97. The summed E-state index contributed by atoms with van der Waals surface area (Å²) < 4.78 is 41.7. The molecule has 0 unspecified atom stereocenters. The second kappa shape index (κ2) is 7.16. The van der Waals surface area contributed by atoms with Gasteiger partial charge in [-0.1, -0.05) is 39.8 Å². The molecule has 120 valence electrons. The van der Waals surface area contributed by atoms with Gasteiger partial charge in [-0.3, -0.25) is 0 Å². The minimum atomic E-state index is -4.18. The summed E-state index contributed by atoms with van der Waals surface area (Å²) in [6.45, 7) is 7.76. The lowest BCUT2D eigenvalue weighted by Gasteiger charge is -2.24. The Hall–Kier alpha value is -1.23. The normalized spacial score (nSPS) is 12.5. The van der Waals surface area contributed by atoms with E-state index in [2.05, 4.69) is 39.1 Å². The van der Waals surface area contributed by atoms with E-state index < -0.39 is 12.7 Å². The van der Waals surface area contributed by atoms with Crippen LogP contribution in [0.15, 0.2) is 18.2 Å². The van der Waals surface area contributed by atoms with Gasteiger partial charge in [0.25, 0.3) is 0 Å². The number of ether oxygens (including phenoxy) is 1. The van der Waals surface area contributed by atoms with E-state index >= 15 is 0 Å². The van der Waals surface area contributed by atoms with E-state index in [1.165, 1.54) is 5.56 Å². The second-order valence-corrected chi connectivity index (χ2v) is 6.07.